The van der Waals surface area contributed by atoms with Crippen molar-refractivity contribution in [2.45, 2.75) is 33.7 Å². The van der Waals surface area contributed by atoms with Gasteiger partial charge in [0, 0.05) is 19.1 Å². The molecule has 0 aliphatic rings. The Morgan fingerprint density at radius 3 is 2.47 bits per heavy atom. The molecule has 0 radical (unpaired) electrons. The van der Waals surface area contributed by atoms with Crippen LogP contribution >= 0.6 is 0 Å². The van der Waals surface area contributed by atoms with Gasteiger partial charge in [0.2, 0.25) is 0 Å². The Morgan fingerprint density at radius 1 is 1.29 bits per heavy atom. The molecule has 2 N–H and O–H groups in total. The van der Waals surface area contributed by atoms with Crippen LogP contribution in [0.15, 0.2) is 24.3 Å². The van der Waals surface area contributed by atoms with E-state index in [9.17, 15) is 0 Å². The number of rotatable bonds is 4. The normalized spacial score (nSPS) is 14.1. The molecule has 0 amide bonds. The summed E-state index contributed by atoms with van der Waals surface area (Å²) in [5.41, 5.74) is 9.06. The van der Waals surface area contributed by atoms with Crippen molar-refractivity contribution in [1.82, 2.24) is 4.90 Å². The van der Waals surface area contributed by atoms with Gasteiger partial charge < -0.3 is 10.6 Å². The zero-order chi connectivity index (χ0) is 13.1. The molecule has 0 saturated heterocycles. The summed E-state index contributed by atoms with van der Waals surface area (Å²) in [4.78, 5) is 2.31. The summed E-state index contributed by atoms with van der Waals surface area (Å²) >= 11 is 0. The first-order valence-corrected chi connectivity index (χ1v) is 6.28. The van der Waals surface area contributed by atoms with E-state index < -0.39 is 0 Å². The highest BCUT2D eigenvalue weighted by molar-refractivity contribution is 5.25. The van der Waals surface area contributed by atoms with Crippen LogP contribution in [0.3, 0.4) is 0 Å². The molecular weight excluding hydrogens is 208 g/mol. The molecule has 1 atom stereocenters. The van der Waals surface area contributed by atoms with Gasteiger partial charge in [-0.25, -0.2) is 0 Å². The highest BCUT2D eigenvalue weighted by Gasteiger charge is 2.16. The summed E-state index contributed by atoms with van der Waals surface area (Å²) in [7, 11) is 2.14. The van der Waals surface area contributed by atoms with E-state index in [1.165, 1.54) is 11.1 Å². The number of benzene rings is 1. The molecule has 1 rings (SSSR count). The van der Waals surface area contributed by atoms with E-state index in [0.29, 0.717) is 5.41 Å². The van der Waals surface area contributed by atoms with Gasteiger partial charge in [-0.15, -0.1) is 0 Å². The van der Waals surface area contributed by atoms with Crippen LogP contribution < -0.4 is 5.73 Å². The molecule has 1 aromatic carbocycles. The Morgan fingerprint density at radius 2 is 1.94 bits per heavy atom. The van der Waals surface area contributed by atoms with E-state index in [1.54, 1.807) is 0 Å². The first-order valence-electron chi connectivity index (χ1n) is 6.28. The summed E-state index contributed by atoms with van der Waals surface area (Å²) in [6.45, 7) is 10.8. The van der Waals surface area contributed by atoms with Crippen LogP contribution in [0.25, 0.3) is 0 Å². The molecule has 0 heterocycles. The second-order valence-corrected chi connectivity index (χ2v) is 6.28. The Labute approximate surface area is 106 Å². The van der Waals surface area contributed by atoms with Gasteiger partial charge in [-0.3, -0.25) is 0 Å². The van der Waals surface area contributed by atoms with E-state index in [-0.39, 0.29) is 6.04 Å². The van der Waals surface area contributed by atoms with Gasteiger partial charge in [0.1, 0.15) is 0 Å². The Hall–Kier alpha value is -0.860. The van der Waals surface area contributed by atoms with Crippen LogP contribution in [-0.2, 0) is 0 Å². The Bertz CT molecular complexity index is 352. The fourth-order valence-corrected chi connectivity index (χ4v) is 2.22. The van der Waals surface area contributed by atoms with Crippen LogP contribution in [0.5, 0.6) is 0 Å². The van der Waals surface area contributed by atoms with E-state index in [2.05, 4.69) is 63.9 Å². The van der Waals surface area contributed by atoms with Crippen LogP contribution in [0.4, 0.5) is 0 Å². The molecule has 0 spiro atoms. The summed E-state index contributed by atoms with van der Waals surface area (Å²) in [5.74, 6) is 0. The molecule has 0 bridgehead atoms. The molecule has 1 aromatic rings. The fourth-order valence-electron chi connectivity index (χ4n) is 2.22. The first-order chi connectivity index (χ1) is 7.78. The second kappa shape index (κ2) is 5.65. The van der Waals surface area contributed by atoms with Gasteiger partial charge in [-0.1, -0.05) is 50.6 Å². The first kappa shape index (κ1) is 14.2. The number of nitrogens with zero attached hydrogens (tertiary/aromatic N) is 1. The molecule has 2 nitrogen and oxygen atoms in total. The average molecular weight is 234 g/mol. The largest absolute Gasteiger partial charge is 0.323 e. The van der Waals surface area contributed by atoms with Gasteiger partial charge in [0.25, 0.3) is 0 Å². The Kier molecular flexibility index (Phi) is 4.72. The number of hydrogen-bond acceptors (Lipinski definition) is 2. The molecule has 96 valence electrons. The van der Waals surface area contributed by atoms with E-state index in [0.717, 1.165) is 13.1 Å². The summed E-state index contributed by atoms with van der Waals surface area (Å²) in [6.07, 6.45) is 0. The molecule has 0 saturated carbocycles. The van der Waals surface area contributed by atoms with E-state index >= 15 is 0 Å². The lowest BCUT2D eigenvalue weighted by molar-refractivity contribution is 0.217. The van der Waals surface area contributed by atoms with Crippen LogP contribution in [0, 0.1) is 12.3 Å². The van der Waals surface area contributed by atoms with E-state index in [4.69, 9.17) is 5.73 Å². The number of nitrogens with two attached hydrogens (primary N) is 1. The SMILES string of the molecule is Cc1cccc(C(N)CN(C)CC(C)(C)C)c1. The smallest absolute Gasteiger partial charge is 0.0424 e. The van der Waals surface area contributed by atoms with E-state index in [1.807, 2.05) is 0 Å². The number of likely N-dealkylation sites (N-methyl/N-ethyl adjacent to an activating group) is 1. The minimum atomic E-state index is 0.0993. The lowest BCUT2D eigenvalue weighted by Gasteiger charge is -2.28. The summed E-state index contributed by atoms with van der Waals surface area (Å²) in [6, 6.07) is 8.57. The zero-order valence-corrected chi connectivity index (χ0v) is 11.8. The van der Waals surface area contributed by atoms with Crippen LogP contribution in [-0.4, -0.2) is 25.0 Å². The minimum absolute atomic E-state index is 0.0993. The molecule has 0 fully saturated rings. The van der Waals surface area contributed by atoms with Crippen molar-refractivity contribution in [2.75, 3.05) is 20.1 Å². The van der Waals surface area contributed by atoms with Crippen molar-refractivity contribution in [3.05, 3.63) is 35.4 Å². The van der Waals surface area contributed by atoms with Gasteiger partial charge >= 0.3 is 0 Å². The van der Waals surface area contributed by atoms with Crippen molar-refractivity contribution in [3.8, 4) is 0 Å². The third kappa shape index (κ3) is 5.33. The minimum Gasteiger partial charge on any atom is -0.323 e. The van der Waals surface area contributed by atoms with Crippen molar-refractivity contribution in [2.24, 2.45) is 11.1 Å². The average Bonchev–Trinajstić information content (AvgIpc) is 2.14. The molecule has 1 unspecified atom stereocenters. The monoisotopic (exact) mass is 234 g/mol. The molecule has 17 heavy (non-hydrogen) atoms. The highest BCUT2D eigenvalue weighted by Crippen LogP contribution is 2.17. The molecular formula is C15H26N2. The van der Waals surface area contributed by atoms with Crippen LogP contribution in [0.2, 0.25) is 0 Å². The number of hydrogen-bond donors (Lipinski definition) is 1. The standard InChI is InChI=1S/C15H26N2/c1-12-7-6-8-13(9-12)14(16)10-17(5)11-15(2,3)4/h6-9,14H,10-11,16H2,1-5H3. The van der Waals surface area contributed by atoms with Gasteiger partial charge in [-0.05, 0) is 24.9 Å². The van der Waals surface area contributed by atoms with Crippen molar-refractivity contribution >= 4 is 0 Å². The highest BCUT2D eigenvalue weighted by atomic mass is 15.1. The summed E-state index contributed by atoms with van der Waals surface area (Å²) in [5, 5.41) is 0. The van der Waals surface area contributed by atoms with Crippen molar-refractivity contribution in [1.29, 1.82) is 0 Å². The molecule has 0 aliphatic heterocycles. The maximum atomic E-state index is 6.24. The molecule has 0 aromatic heterocycles. The third-order valence-electron chi connectivity index (χ3n) is 2.72. The van der Waals surface area contributed by atoms with Gasteiger partial charge in [0.05, 0.1) is 0 Å². The van der Waals surface area contributed by atoms with Crippen LogP contribution in [0.1, 0.15) is 37.9 Å². The van der Waals surface area contributed by atoms with Crippen molar-refractivity contribution < 1.29 is 0 Å². The predicted molar refractivity (Wildman–Crippen MR) is 75.1 cm³/mol. The topological polar surface area (TPSA) is 29.3 Å². The predicted octanol–water partition coefficient (Wildman–Crippen LogP) is 2.97. The number of aryl methyl sites for hydroxylation is 1. The maximum absolute atomic E-state index is 6.24. The maximum Gasteiger partial charge on any atom is 0.0424 e. The Balaban J connectivity index is 2.57. The summed E-state index contributed by atoms with van der Waals surface area (Å²) < 4.78 is 0. The second-order valence-electron chi connectivity index (χ2n) is 6.28. The third-order valence-corrected chi connectivity index (χ3v) is 2.72. The fraction of sp³-hybridized carbons (Fsp3) is 0.600. The van der Waals surface area contributed by atoms with Gasteiger partial charge in [-0.2, -0.15) is 0 Å². The quantitative estimate of drug-likeness (QED) is 0.868. The molecule has 0 aliphatic carbocycles. The lowest BCUT2D eigenvalue weighted by atomic mass is 9.95. The zero-order valence-electron chi connectivity index (χ0n) is 11.8. The lowest BCUT2D eigenvalue weighted by Crippen LogP contribution is -2.35. The molecule has 2 heteroatoms. The van der Waals surface area contributed by atoms with Gasteiger partial charge in [0.15, 0.2) is 0 Å². The van der Waals surface area contributed by atoms with Crippen molar-refractivity contribution in [3.63, 3.8) is 0 Å².